The van der Waals surface area contributed by atoms with Crippen LogP contribution in [0.25, 0.3) is 17.2 Å². The highest BCUT2D eigenvalue weighted by atomic mass is 35.5. The van der Waals surface area contributed by atoms with Gasteiger partial charge in [0.05, 0.1) is 0 Å². The van der Waals surface area contributed by atoms with Crippen LogP contribution in [0.3, 0.4) is 0 Å². The van der Waals surface area contributed by atoms with E-state index in [9.17, 15) is 0 Å². The fraction of sp³-hybridized carbons (Fsp3) is 0.111. The first-order valence-corrected chi connectivity index (χ1v) is 8.16. The highest BCUT2D eigenvalue weighted by molar-refractivity contribution is 6.30. The first-order valence-electron chi connectivity index (χ1n) is 7.78. The average molecular weight is 351 g/mol. The molecule has 0 saturated heterocycles. The van der Waals surface area contributed by atoms with E-state index in [0.717, 1.165) is 28.3 Å². The second-order valence-electron chi connectivity index (χ2n) is 5.76. The summed E-state index contributed by atoms with van der Waals surface area (Å²) in [5.41, 5.74) is 3.69. The predicted octanol–water partition coefficient (Wildman–Crippen LogP) is 4.20. The van der Waals surface area contributed by atoms with Crippen molar-refractivity contribution in [3.8, 4) is 11.4 Å². The van der Waals surface area contributed by atoms with Crippen molar-refractivity contribution >= 4 is 28.9 Å². The number of halogens is 1. The molecule has 0 fully saturated rings. The van der Waals surface area contributed by atoms with Gasteiger partial charge in [-0.3, -0.25) is 4.98 Å². The number of nitrogens with zero attached hydrogens (tertiary/aromatic N) is 5. The molecular weight excluding hydrogens is 336 g/mol. The van der Waals surface area contributed by atoms with Gasteiger partial charge in [0, 0.05) is 40.4 Å². The summed E-state index contributed by atoms with van der Waals surface area (Å²) in [5, 5.41) is 8.63. The van der Waals surface area contributed by atoms with Gasteiger partial charge in [0.2, 0.25) is 0 Å². The Labute approximate surface area is 149 Å². The Kier molecular flexibility index (Phi) is 3.82. The zero-order chi connectivity index (χ0) is 17.4. The van der Waals surface area contributed by atoms with Crippen LogP contribution in [-0.4, -0.2) is 24.6 Å². The third kappa shape index (κ3) is 3.04. The van der Waals surface area contributed by atoms with E-state index >= 15 is 0 Å². The van der Waals surface area contributed by atoms with E-state index in [2.05, 4.69) is 25.4 Å². The predicted molar refractivity (Wildman–Crippen MR) is 98.2 cm³/mol. The Morgan fingerprint density at radius 3 is 2.76 bits per heavy atom. The van der Waals surface area contributed by atoms with Crippen LogP contribution in [-0.2, 0) is 0 Å². The molecule has 3 aromatic heterocycles. The van der Waals surface area contributed by atoms with Gasteiger partial charge in [-0.15, -0.1) is 5.10 Å². The zero-order valence-electron chi connectivity index (χ0n) is 13.7. The first kappa shape index (κ1) is 15.5. The summed E-state index contributed by atoms with van der Waals surface area (Å²) in [4.78, 5) is 13.1. The van der Waals surface area contributed by atoms with Gasteiger partial charge in [-0.25, -0.2) is 4.98 Å². The Morgan fingerprint density at radius 2 is 1.96 bits per heavy atom. The van der Waals surface area contributed by atoms with Crippen LogP contribution >= 0.6 is 11.6 Å². The minimum atomic E-state index is 0.529. The lowest BCUT2D eigenvalue weighted by Crippen LogP contribution is -2.03. The minimum Gasteiger partial charge on any atom is -0.340 e. The van der Waals surface area contributed by atoms with Crippen molar-refractivity contribution in [2.24, 2.45) is 0 Å². The fourth-order valence-electron chi connectivity index (χ4n) is 2.56. The number of rotatable bonds is 3. The summed E-state index contributed by atoms with van der Waals surface area (Å²) in [5.74, 6) is 1.88. The molecule has 1 aromatic carbocycles. The van der Waals surface area contributed by atoms with Crippen LogP contribution in [0.4, 0.5) is 11.5 Å². The monoisotopic (exact) mass is 350 g/mol. The van der Waals surface area contributed by atoms with Crippen LogP contribution < -0.4 is 5.32 Å². The Balaban J connectivity index is 1.83. The van der Waals surface area contributed by atoms with Crippen molar-refractivity contribution in [2.75, 3.05) is 5.32 Å². The summed E-state index contributed by atoms with van der Waals surface area (Å²) in [7, 11) is 0. The molecule has 0 bridgehead atoms. The number of fused-ring (bicyclic) bond motifs is 1. The van der Waals surface area contributed by atoms with Crippen LogP contribution in [0.15, 0.2) is 48.8 Å². The molecule has 4 rings (SSSR count). The molecule has 0 amide bonds. The lowest BCUT2D eigenvalue weighted by atomic mass is 10.2. The number of aryl methyl sites for hydroxylation is 2. The van der Waals surface area contributed by atoms with Gasteiger partial charge in [-0.1, -0.05) is 17.7 Å². The molecule has 0 spiro atoms. The molecule has 124 valence electrons. The van der Waals surface area contributed by atoms with Gasteiger partial charge in [-0.2, -0.15) is 9.50 Å². The molecule has 0 radical (unpaired) electrons. The topological polar surface area (TPSA) is 68.0 Å². The zero-order valence-corrected chi connectivity index (χ0v) is 14.5. The summed E-state index contributed by atoms with van der Waals surface area (Å²) in [6.07, 6.45) is 3.45. The Hall–Kier alpha value is -2.99. The van der Waals surface area contributed by atoms with Crippen molar-refractivity contribution in [1.82, 2.24) is 24.6 Å². The second kappa shape index (κ2) is 6.14. The summed E-state index contributed by atoms with van der Waals surface area (Å²) in [6, 6.07) is 11.4. The minimum absolute atomic E-state index is 0.529. The van der Waals surface area contributed by atoms with Crippen LogP contribution in [0, 0.1) is 13.8 Å². The number of aromatic nitrogens is 5. The molecule has 0 aliphatic rings. The van der Waals surface area contributed by atoms with Gasteiger partial charge < -0.3 is 5.32 Å². The van der Waals surface area contributed by atoms with E-state index in [1.54, 1.807) is 16.9 Å². The lowest BCUT2D eigenvalue weighted by Gasteiger charge is -2.11. The normalized spacial score (nSPS) is 11.0. The highest BCUT2D eigenvalue weighted by Gasteiger charge is 2.12. The Morgan fingerprint density at radius 1 is 1.08 bits per heavy atom. The van der Waals surface area contributed by atoms with Gasteiger partial charge in [0.15, 0.2) is 5.82 Å². The molecule has 6 nitrogen and oxygen atoms in total. The highest BCUT2D eigenvalue weighted by Crippen LogP contribution is 2.25. The van der Waals surface area contributed by atoms with Crippen molar-refractivity contribution in [3.05, 3.63) is 65.1 Å². The molecule has 7 heteroatoms. The maximum absolute atomic E-state index is 6.12. The van der Waals surface area contributed by atoms with E-state index in [0.29, 0.717) is 16.6 Å². The number of nitrogens with one attached hydrogen (secondary N) is 1. The van der Waals surface area contributed by atoms with E-state index in [1.807, 2.05) is 50.2 Å². The summed E-state index contributed by atoms with van der Waals surface area (Å²) < 4.78 is 1.69. The van der Waals surface area contributed by atoms with Gasteiger partial charge in [-0.05, 0) is 43.7 Å². The number of pyridine rings is 1. The van der Waals surface area contributed by atoms with Crippen molar-refractivity contribution in [3.63, 3.8) is 0 Å². The third-order valence-electron chi connectivity index (χ3n) is 3.82. The van der Waals surface area contributed by atoms with E-state index < -0.39 is 0 Å². The van der Waals surface area contributed by atoms with Crippen LogP contribution in [0.1, 0.15) is 11.3 Å². The number of benzene rings is 1. The molecular formula is C18H15ClN6. The Bertz CT molecular complexity index is 1060. The summed E-state index contributed by atoms with van der Waals surface area (Å²) >= 11 is 6.12. The number of hydrogen-bond donors (Lipinski definition) is 1. The molecule has 4 aromatic rings. The first-order chi connectivity index (χ1) is 12.1. The second-order valence-corrected chi connectivity index (χ2v) is 6.19. The average Bonchev–Trinajstić information content (AvgIpc) is 3.03. The summed E-state index contributed by atoms with van der Waals surface area (Å²) in [6.45, 7) is 3.95. The van der Waals surface area contributed by atoms with Crippen LogP contribution in [0.2, 0.25) is 5.02 Å². The van der Waals surface area contributed by atoms with E-state index in [-0.39, 0.29) is 0 Å². The molecule has 1 N–H and O–H groups in total. The third-order valence-corrected chi connectivity index (χ3v) is 4.06. The molecule has 3 heterocycles. The molecule has 25 heavy (non-hydrogen) atoms. The van der Waals surface area contributed by atoms with Gasteiger partial charge in [0.25, 0.3) is 5.78 Å². The fourth-order valence-corrected chi connectivity index (χ4v) is 2.73. The maximum atomic E-state index is 6.12. The smallest absolute Gasteiger partial charge is 0.254 e. The maximum Gasteiger partial charge on any atom is 0.254 e. The van der Waals surface area contributed by atoms with Crippen molar-refractivity contribution < 1.29 is 0 Å². The van der Waals surface area contributed by atoms with Gasteiger partial charge >= 0.3 is 0 Å². The molecule has 0 aliphatic heterocycles. The molecule has 0 aliphatic carbocycles. The quantitative estimate of drug-likeness (QED) is 0.599. The van der Waals surface area contributed by atoms with E-state index in [1.165, 1.54) is 0 Å². The number of anilines is 2. The molecule has 0 saturated carbocycles. The largest absolute Gasteiger partial charge is 0.340 e. The van der Waals surface area contributed by atoms with E-state index in [4.69, 9.17) is 11.6 Å². The van der Waals surface area contributed by atoms with Crippen LogP contribution in [0.5, 0.6) is 0 Å². The van der Waals surface area contributed by atoms with Gasteiger partial charge in [0.1, 0.15) is 5.82 Å². The molecule has 0 unspecified atom stereocenters. The standard InChI is InChI=1S/C18H15ClN6/c1-11-5-6-14(19)9-15(11)22-16-8-12(2)21-18-23-17(24-25(16)18)13-4-3-7-20-10-13/h3-10,22H,1-2H3. The molecule has 0 atom stereocenters. The number of hydrogen-bond acceptors (Lipinski definition) is 5. The van der Waals surface area contributed by atoms with Crippen molar-refractivity contribution in [2.45, 2.75) is 13.8 Å². The SMILES string of the molecule is Cc1cc(Nc2cc(Cl)ccc2C)n2nc(-c3cccnc3)nc2n1. The van der Waals surface area contributed by atoms with Crippen molar-refractivity contribution in [1.29, 1.82) is 0 Å². The lowest BCUT2D eigenvalue weighted by molar-refractivity contribution is 0.939.